The molecule has 0 bridgehead atoms. The third-order valence-electron chi connectivity index (χ3n) is 2.66. The van der Waals surface area contributed by atoms with Gasteiger partial charge >= 0.3 is 0 Å². The van der Waals surface area contributed by atoms with Crippen LogP contribution in [0.15, 0.2) is 18.2 Å². The lowest BCUT2D eigenvalue weighted by molar-refractivity contribution is -0.117. The fourth-order valence-electron chi connectivity index (χ4n) is 1.39. The fourth-order valence-corrected chi connectivity index (χ4v) is 1.58. The van der Waals surface area contributed by atoms with Crippen LogP contribution in [-0.2, 0) is 11.2 Å². The van der Waals surface area contributed by atoms with E-state index < -0.39 is 0 Å². The SMILES string of the molecule is CCC(C)NCC(=O)Cc1cc(Cl)ccc1F. The minimum Gasteiger partial charge on any atom is -0.307 e. The highest BCUT2D eigenvalue weighted by Gasteiger charge is 2.09. The number of hydrogen-bond donors (Lipinski definition) is 1. The summed E-state index contributed by atoms with van der Waals surface area (Å²) in [6, 6.07) is 4.55. The Kier molecular flexibility index (Phi) is 5.59. The molecule has 0 saturated carbocycles. The molecule has 1 unspecified atom stereocenters. The van der Waals surface area contributed by atoms with Gasteiger partial charge < -0.3 is 5.32 Å². The van der Waals surface area contributed by atoms with Gasteiger partial charge in [-0.15, -0.1) is 0 Å². The van der Waals surface area contributed by atoms with Crippen molar-refractivity contribution in [3.8, 4) is 0 Å². The summed E-state index contributed by atoms with van der Waals surface area (Å²) in [4.78, 5) is 11.6. The highest BCUT2D eigenvalue weighted by Crippen LogP contribution is 2.15. The largest absolute Gasteiger partial charge is 0.307 e. The maximum atomic E-state index is 13.4. The normalized spacial score (nSPS) is 12.5. The number of hydrogen-bond acceptors (Lipinski definition) is 2. The van der Waals surface area contributed by atoms with Gasteiger partial charge in [0, 0.05) is 17.5 Å². The molecule has 0 heterocycles. The van der Waals surface area contributed by atoms with Gasteiger partial charge in [-0.25, -0.2) is 4.39 Å². The Labute approximate surface area is 106 Å². The summed E-state index contributed by atoms with van der Waals surface area (Å²) < 4.78 is 13.4. The molecule has 1 atom stereocenters. The number of halogens is 2. The summed E-state index contributed by atoms with van der Waals surface area (Å²) >= 11 is 5.76. The third-order valence-corrected chi connectivity index (χ3v) is 2.89. The first-order valence-corrected chi connectivity index (χ1v) is 6.09. The molecule has 0 spiro atoms. The van der Waals surface area contributed by atoms with Gasteiger partial charge in [-0.05, 0) is 37.1 Å². The molecule has 0 aliphatic carbocycles. The van der Waals surface area contributed by atoms with Gasteiger partial charge in [0.15, 0.2) is 5.78 Å². The lowest BCUT2D eigenvalue weighted by Crippen LogP contribution is -2.31. The molecule has 94 valence electrons. The molecular formula is C13H17ClFNO. The quantitative estimate of drug-likeness (QED) is 0.849. The second-order valence-electron chi connectivity index (χ2n) is 4.14. The number of Topliss-reactive ketones (excluding diaryl/α,β-unsaturated/α-hetero) is 1. The van der Waals surface area contributed by atoms with Crippen molar-refractivity contribution >= 4 is 17.4 Å². The van der Waals surface area contributed by atoms with E-state index in [1.165, 1.54) is 18.2 Å². The molecule has 0 aliphatic heterocycles. The Balaban J connectivity index is 2.53. The molecule has 17 heavy (non-hydrogen) atoms. The zero-order valence-electron chi connectivity index (χ0n) is 10.1. The monoisotopic (exact) mass is 257 g/mol. The Bertz CT molecular complexity index is 395. The van der Waals surface area contributed by atoms with Crippen LogP contribution < -0.4 is 5.32 Å². The summed E-state index contributed by atoms with van der Waals surface area (Å²) in [6.45, 7) is 4.31. The van der Waals surface area contributed by atoms with Crippen molar-refractivity contribution in [2.24, 2.45) is 0 Å². The van der Waals surface area contributed by atoms with Crippen molar-refractivity contribution in [3.05, 3.63) is 34.6 Å². The molecule has 0 aliphatic rings. The van der Waals surface area contributed by atoms with E-state index in [2.05, 4.69) is 5.32 Å². The number of ketones is 1. The molecule has 1 aromatic carbocycles. The highest BCUT2D eigenvalue weighted by molar-refractivity contribution is 6.30. The molecule has 0 saturated heterocycles. The van der Waals surface area contributed by atoms with Crippen molar-refractivity contribution in [1.82, 2.24) is 5.32 Å². The van der Waals surface area contributed by atoms with E-state index in [9.17, 15) is 9.18 Å². The van der Waals surface area contributed by atoms with Crippen LogP contribution in [0.25, 0.3) is 0 Å². The average Bonchev–Trinajstić information content (AvgIpc) is 2.30. The van der Waals surface area contributed by atoms with Crippen LogP contribution >= 0.6 is 11.6 Å². The fraction of sp³-hybridized carbons (Fsp3) is 0.462. The van der Waals surface area contributed by atoms with Crippen LogP contribution in [0.3, 0.4) is 0 Å². The van der Waals surface area contributed by atoms with Gasteiger partial charge in [-0.1, -0.05) is 18.5 Å². The summed E-state index contributed by atoms with van der Waals surface area (Å²) in [7, 11) is 0. The van der Waals surface area contributed by atoms with E-state index >= 15 is 0 Å². The van der Waals surface area contributed by atoms with E-state index in [-0.39, 0.29) is 24.6 Å². The summed E-state index contributed by atoms with van der Waals surface area (Å²) in [5, 5.41) is 3.53. The van der Waals surface area contributed by atoms with Crippen LogP contribution in [0, 0.1) is 5.82 Å². The van der Waals surface area contributed by atoms with E-state index in [0.29, 0.717) is 16.6 Å². The van der Waals surface area contributed by atoms with E-state index in [1.54, 1.807) is 0 Å². The van der Waals surface area contributed by atoms with Crippen LogP contribution in [0.2, 0.25) is 5.02 Å². The van der Waals surface area contributed by atoms with Gasteiger partial charge in [0.2, 0.25) is 0 Å². The van der Waals surface area contributed by atoms with Crippen molar-refractivity contribution < 1.29 is 9.18 Å². The minimum atomic E-state index is -0.383. The molecule has 0 fully saturated rings. The first-order valence-electron chi connectivity index (χ1n) is 5.72. The summed E-state index contributed by atoms with van der Waals surface area (Å²) in [5.74, 6) is -0.419. The molecule has 0 aromatic heterocycles. The minimum absolute atomic E-state index is 0.0357. The molecule has 1 aromatic rings. The molecule has 2 nitrogen and oxygen atoms in total. The Morgan fingerprint density at radius 2 is 2.24 bits per heavy atom. The topological polar surface area (TPSA) is 29.1 Å². The predicted octanol–water partition coefficient (Wildman–Crippen LogP) is 2.98. The number of benzene rings is 1. The van der Waals surface area contributed by atoms with Crippen LogP contribution in [0.5, 0.6) is 0 Å². The number of carbonyl (C=O) groups excluding carboxylic acids is 1. The van der Waals surface area contributed by atoms with Gasteiger partial charge in [-0.3, -0.25) is 4.79 Å². The summed E-state index contributed by atoms with van der Waals surface area (Å²) in [6.07, 6.45) is 1.04. The van der Waals surface area contributed by atoms with Crippen molar-refractivity contribution in [2.45, 2.75) is 32.7 Å². The third kappa shape index (κ3) is 4.84. The Morgan fingerprint density at radius 3 is 2.88 bits per heavy atom. The maximum absolute atomic E-state index is 13.4. The zero-order chi connectivity index (χ0) is 12.8. The number of rotatable bonds is 6. The number of nitrogens with one attached hydrogen (secondary N) is 1. The summed E-state index contributed by atoms with van der Waals surface area (Å²) in [5.41, 5.74) is 0.355. The van der Waals surface area contributed by atoms with Gasteiger partial charge in [0.05, 0.1) is 6.54 Å². The predicted molar refractivity (Wildman–Crippen MR) is 67.9 cm³/mol. The van der Waals surface area contributed by atoms with Crippen molar-refractivity contribution in [3.63, 3.8) is 0 Å². The molecule has 1 N–H and O–H groups in total. The molecule has 1 rings (SSSR count). The molecule has 0 amide bonds. The average molecular weight is 258 g/mol. The second-order valence-corrected chi connectivity index (χ2v) is 4.58. The molecular weight excluding hydrogens is 241 g/mol. The highest BCUT2D eigenvalue weighted by atomic mass is 35.5. The molecule has 0 radical (unpaired) electrons. The van der Waals surface area contributed by atoms with E-state index in [0.717, 1.165) is 6.42 Å². The van der Waals surface area contributed by atoms with Gasteiger partial charge in [0.1, 0.15) is 5.82 Å². The van der Waals surface area contributed by atoms with E-state index in [1.807, 2.05) is 13.8 Å². The molecule has 4 heteroatoms. The lowest BCUT2D eigenvalue weighted by atomic mass is 10.1. The Hall–Kier alpha value is -0.930. The van der Waals surface area contributed by atoms with Crippen LogP contribution in [-0.4, -0.2) is 18.4 Å². The lowest BCUT2D eigenvalue weighted by Gasteiger charge is -2.10. The second kappa shape index (κ2) is 6.72. The first-order chi connectivity index (χ1) is 8.02. The Morgan fingerprint density at radius 1 is 1.53 bits per heavy atom. The van der Waals surface area contributed by atoms with Crippen molar-refractivity contribution in [1.29, 1.82) is 0 Å². The smallest absolute Gasteiger partial charge is 0.151 e. The number of carbonyl (C=O) groups is 1. The van der Waals surface area contributed by atoms with Gasteiger partial charge in [-0.2, -0.15) is 0 Å². The van der Waals surface area contributed by atoms with Crippen molar-refractivity contribution in [2.75, 3.05) is 6.54 Å². The zero-order valence-corrected chi connectivity index (χ0v) is 10.9. The first kappa shape index (κ1) is 14.1. The van der Waals surface area contributed by atoms with E-state index in [4.69, 9.17) is 11.6 Å². The van der Waals surface area contributed by atoms with Gasteiger partial charge in [0.25, 0.3) is 0 Å². The maximum Gasteiger partial charge on any atom is 0.151 e. The standard InChI is InChI=1S/C13H17ClFNO/c1-3-9(2)16-8-12(17)7-10-6-11(14)4-5-13(10)15/h4-6,9,16H,3,7-8H2,1-2H3. The van der Waals surface area contributed by atoms with Crippen LogP contribution in [0.1, 0.15) is 25.8 Å². The van der Waals surface area contributed by atoms with Crippen LogP contribution in [0.4, 0.5) is 4.39 Å².